The Labute approximate surface area is 78.3 Å². The molecule has 0 amide bonds. The van der Waals surface area contributed by atoms with Gasteiger partial charge in [0, 0.05) is 11.7 Å². The number of methoxy groups -OCH3 is 1. The van der Waals surface area contributed by atoms with E-state index in [2.05, 4.69) is 0 Å². The Morgan fingerprint density at radius 3 is 1.93 bits per heavy atom. The highest BCUT2D eigenvalue weighted by Crippen LogP contribution is 2.06. The van der Waals surface area contributed by atoms with Gasteiger partial charge in [-0.1, -0.05) is 0 Å². The van der Waals surface area contributed by atoms with Crippen LogP contribution < -0.4 is 9.48 Å². The molecule has 1 aromatic heterocycles. The molecular weight excluding hydrogens is 205 g/mol. The van der Waals surface area contributed by atoms with Crippen LogP contribution in [-0.4, -0.2) is 14.4 Å². The fraction of sp³-hybridized carbons (Fsp3) is 0.500. The zero-order chi connectivity index (χ0) is 11.4. The van der Waals surface area contributed by atoms with Crippen molar-refractivity contribution in [2.24, 2.45) is 7.05 Å². The quantitative estimate of drug-likeness (QED) is 0.405. The van der Waals surface area contributed by atoms with E-state index >= 15 is 0 Å². The molecule has 0 aliphatic rings. The summed E-state index contributed by atoms with van der Waals surface area (Å²) >= 11 is 0. The van der Waals surface area contributed by atoms with Gasteiger partial charge in [0.1, 0.15) is 0 Å². The number of ether oxygens (including phenoxy) is 1. The third kappa shape index (κ3) is 6.33. The van der Waals surface area contributed by atoms with E-state index in [1.807, 2.05) is 13.0 Å². The molecule has 8 heteroatoms. The summed E-state index contributed by atoms with van der Waals surface area (Å²) in [5.74, 6) is 1.60. The van der Waals surface area contributed by atoms with Gasteiger partial charge in [0.2, 0.25) is 0 Å². The topological polar surface area (TPSA) is 26.2 Å². The largest absolute Gasteiger partial charge is 0.673 e. The molecule has 0 N–H and O–H groups in total. The van der Waals surface area contributed by atoms with Crippen molar-refractivity contribution in [2.75, 3.05) is 7.11 Å². The van der Waals surface area contributed by atoms with E-state index in [-0.39, 0.29) is 0 Å². The molecule has 3 nitrogen and oxygen atoms in total. The molecule has 1 rings (SSSR count). The standard InChI is InChI=1S/C6H10NO2.BF4/c1-5-4-6(8-3)7(2)9-5;2-1(3,4)5/h4H,1-3H3;/q+1;-1. The van der Waals surface area contributed by atoms with Crippen molar-refractivity contribution in [1.82, 2.24) is 0 Å². The maximum Gasteiger partial charge on any atom is 0.673 e. The zero-order valence-corrected chi connectivity index (χ0v) is 7.93. The summed E-state index contributed by atoms with van der Waals surface area (Å²) in [5, 5.41) is 0. The smallest absolute Gasteiger partial charge is 0.445 e. The van der Waals surface area contributed by atoms with Gasteiger partial charge < -0.3 is 22.0 Å². The van der Waals surface area contributed by atoms with Crippen LogP contribution in [-0.2, 0) is 7.05 Å². The lowest BCUT2D eigenvalue weighted by Gasteiger charge is -1.94. The lowest BCUT2D eigenvalue weighted by Crippen LogP contribution is -2.26. The molecule has 0 aromatic carbocycles. The Bertz CT molecular complexity index is 280. The summed E-state index contributed by atoms with van der Waals surface area (Å²) in [5.41, 5.74) is 0. The Balaban J connectivity index is 0.000000292. The normalized spacial score (nSPS) is 10.5. The van der Waals surface area contributed by atoms with Crippen LogP contribution in [0.25, 0.3) is 0 Å². The molecule has 0 fully saturated rings. The van der Waals surface area contributed by atoms with Crippen LogP contribution in [0, 0.1) is 6.92 Å². The van der Waals surface area contributed by atoms with Crippen molar-refractivity contribution in [3.05, 3.63) is 11.8 Å². The highest BCUT2D eigenvalue weighted by molar-refractivity contribution is 6.50. The van der Waals surface area contributed by atoms with E-state index in [4.69, 9.17) is 9.26 Å². The summed E-state index contributed by atoms with van der Waals surface area (Å²) in [6.07, 6.45) is 0. The lowest BCUT2D eigenvalue weighted by atomic mass is 10.3. The number of hydrogen-bond acceptors (Lipinski definition) is 2. The van der Waals surface area contributed by atoms with Crippen LogP contribution in [0.5, 0.6) is 5.88 Å². The van der Waals surface area contributed by atoms with E-state index in [0.717, 1.165) is 11.6 Å². The third-order valence-corrected chi connectivity index (χ3v) is 1.13. The van der Waals surface area contributed by atoms with Gasteiger partial charge in [0.25, 0.3) is 0 Å². The molecule has 0 saturated heterocycles. The second-order valence-electron chi connectivity index (χ2n) is 2.38. The van der Waals surface area contributed by atoms with Crippen LogP contribution in [0.1, 0.15) is 5.76 Å². The number of halogens is 4. The number of nitrogens with zero attached hydrogens (tertiary/aromatic N) is 1. The van der Waals surface area contributed by atoms with Gasteiger partial charge in [-0.2, -0.15) is 0 Å². The minimum Gasteiger partial charge on any atom is -0.445 e. The van der Waals surface area contributed by atoms with Gasteiger partial charge in [-0.15, -0.1) is 0 Å². The number of hydrogen-bond donors (Lipinski definition) is 0. The molecule has 0 atom stereocenters. The van der Waals surface area contributed by atoms with Crippen molar-refractivity contribution >= 4 is 7.25 Å². The molecule has 0 bridgehead atoms. The first-order chi connectivity index (χ1) is 6.24. The Kier molecular flexibility index (Phi) is 4.45. The van der Waals surface area contributed by atoms with E-state index in [1.165, 1.54) is 0 Å². The summed E-state index contributed by atoms with van der Waals surface area (Å²) < 4.78 is 50.6. The predicted octanol–water partition coefficient (Wildman–Crippen LogP) is 1.72. The second-order valence-corrected chi connectivity index (χ2v) is 2.38. The molecule has 0 saturated carbocycles. The molecule has 0 aliphatic heterocycles. The Morgan fingerprint density at radius 1 is 1.36 bits per heavy atom. The van der Waals surface area contributed by atoms with Gasteiger partial charge in [-0.3, -0.25) is 0 Å². The van der Waals surface area contributed by atoms with Gasteiger partial charge in [-0.25, -0.2) is 4.52 Å². The average Bonchev–Trinajstić information content (AvgIpc) is 2.25. The van der Waals surface area contributed by atoms with Crippen molar-refractivity contribution in [3.63, 3.8) is 0 Å². The van der Waals surface area contributed by atoms with Gasteiger partial charge in [0.15, 0.2) is 12.8 Å². The first kappa shape index (κ1) is 12.8. The van der Waals surface area contributed by atoms with Crippen LogP contribution in [0.15, 0.2) is 10.6 Å². The van der Waals surface area contributed by atoms with Crippen molar-refractivity contribution in [2.45, 2.75) is 6.92 Å². The summed E-state index contributed by atoms with van der Waals surface area (Å²) in [6, 6.07) is 1.83. The molecule has 1 heterocycles. The molecular formula is C6H10BF4NO2. The summed E-state index contributed by atoms with van der Waals surface area (Å²) in [7, 11) is -2.59. The van der Waals surface area contributed by atoms with Gasteiger partial charge >= 0.3 is 13.1 Å². The number of aryl methyl sites for hydroxylation is 2. The van der Waals surface area contributed by atoms with Crippen molar-refractivity contribution < 1.29 is 31.3 Å². The Hall–Kier alpha value is -1.21. The first-order valence-electron chi connectivity index (χ1n) is 3.62. The SMILES string of the molecule is COc1cc(C)o[n+]1C.F[B-](F)(F)F. The highest BCUT2D eigenvalue weighted by Gasteiger charge is 2.20. The maximum absolute atomic E-state index is 9.75. The Morgan fingerprint density at radius 2 is 1.79 bits per heavy atom. The van der Waals surface area contributed by atoms with Crippen molar-refractivity contribution in [3.8, 4) is 5.88 Å². The molecule has 1 aromatic rings. The van der Waals surface area contributed by atoms with E-state index in [0.29, 0.717) is 0 Å². The first-order valence-corrected chi connectivity index (χ1v) is 3.62. The van der Waals surface area contributed by atoms with E-state index in [1.54, 1.807) is 18.9 Å². The molecule has 0 radical (unpaired) electrons. The van der Waals surface area contributed by atoms with Crippen LogP contribution >= 0.6 is 0 Å². The van der Waals surface area contributed by atoms with Gasteiger partial charge in [0.05, 0.1) is 13.2 Å². The van der Waals surface area contributed by atoms with Crippen molar-refractivity contribution in [1.29, 1.82) is 0 Å². The molecule has 0 spiro atoms. The predicted molar refractivity (Wildman–Crippen MR) is 41.4 cm³/mol. The van der Waals surface area contributed by atoms with Crippen LogP contribution in [0.4, 0.5) is 17.3 Å². The molecule has 14 heavy (non-hydrogen) atoms. The van der Waals surface area contributed by atoms with Crippen LogP contribution in [0.2, 0.25) is 0 Å². The van der Waals surface area contributed by atoms with Gasteiger partial charge in [-0.05, 0) is 0 Å². The second kappa shape index (κ2) is 4.87. The monoisotopic (exact) mass is 215 g/mol. The average molecular weight is 215 g/mol. The number of rotatable bonds is 1. The van der Waals surface area contributed by atoms with E-state index in [9.17, 15) is 17.3 Å². The molecule has 82 valence electrons. The van der Waals surface area contributed by atoms with Crippen LogP contribution in [0.3, 0.4) is 0 Å². The summed E-state index contributed by atoms with van der Waals surface area (Å²) in [4.78, 5) is 0. The minimum atomic E-state index is -6.00. The fourth-order valence-corrected chi connectivity index (χ4v) is 0.740. The minimum absolute atomic E-state index is 0.743. The third-order valence-electron chi connectivity index (χ3n) is 1.13. The number of aromatic nitrogens is 1. The molecule has 0 aliphatic carbocycles. The fourth-order valence-electron chi connectivity index (χ4n) is 0.740. The lowest BCUT2D eigenvalue weighted by molar-refractivity contribution is -0.847. The summed E-state index contributed by atoms with van der Waals surface area (Å²) in [6.45, 7) is 1.88. The zero-order valence-electron chi connectivity index (χ0n) is 7.93. The molecule has 0 unspecified atom stereocenters. The van der Waals surface area contributed by atoms with E-state index < -0.39 is 7.25 Å². The maximum atomic E-state index is 9.75. The highest BCUT2D eigenvalue weighted by atomic mass is 19.5.